The normalized spacial score (nSPS) is 18.7. The fraction of sp³-hybridized carbons (Fsp3) is 0.409. The van der Waals surface area contributed by atoms with Gasteiger partial charge in [0.15, 0.2) is 0 Å². The lowest BCUT2D eigenvalue weighted by Crippen LogP contribution is -2.47. The molecule has 0 aliphatic carbocycles. The van der Waals surface area contributed by atoms with E-state index in [9.17, 15) is 13.2 Å². The average molecular weight is 401 g/mol. The van der Waals surface area contributed by atoms with Crippen LogP contribution in [-0.2, 0) is 14.8 Å². The lowest BCUT2D eigenvalue weighted by Gasteiger charge is -2.25. The van der Waals surface area contributed by atoms with Gasteiger partial charge in [0.25, 0.3) is 0 Å². The maximum Gasteiger partial charge on any atom is 0.238 e. The fourth-order valence-electron chi connectivity index (χ4n) is 3.70. The first-order valence-electron chi connectivity index (χ1n) is 9.87. The van der Waals surface area contributed by atoms with E-state index in [0.717, 1.165) is 23.1 Å². The molecule has 28 heavy (non-hydrogen) atoms. The van der Waals surface area contributed by atoms with E-state index in [1.165, 1.54) is 4.31 Å². The van der Waals surface area contributed by atoms with Crippen molar-refractivity contribution < 1.29 is 13.2 Å². The molecule has 6 heteroatoms. The maximum atomic E-state index is 12.8. The minimum absolute atomic E-state index is 0.0906. The summed E-state index contributed by atoms with van der Waals surface area (Å²) >= 11 is 0. The molecule has 1 aliphatic rings. The minimum atomic E-state index is -3.37. The van der Waals surface area contributed by atoms with E-state index < -0.39 is 16.1 Å². The first-order chi connectivity index (χ1) is 13.4. The highest BCUT2D eigenvalue weighted by Gasteiger charge is 2.38. The van der Waals surface area contributed by atoms with Gasteiger partial charge in [0.05, 0.1) is 11.8 Å². The summed E-state index contributed by atoms with van der Waals surface area (Å²) in [5.74, 6) is -0.121. The third-order valence-electron chi connectivity index (χ3n) is 5.20. The van der Waals surface area contributed by atoms with Crippen molar-refractivity contribution in [1.29, 1.82) is 0 Å². The Morgan fingerprint density at radius 2 is 1.75 bits per heavy atom. The van der Waals surface area contributed by atoms with Gasteiger partial charge < -0.3 is 5.32 Å². The number of carbonyl (C=O) groups is 1. The van der Waals surface area contributed by atoms with Crippen molar-refractivity contribution in [1.82, 2.24) is 9.62 Å². The van der Waals surface area contributed by atoms with Crippen LogP contribution in [0.15, 0.2) is 54.6 Å². The Morgan fingerprint density at radius 1 is 1.11 bits per heavy atom. The number of nitrogens with zero attached hydrogens (tertiary/aromatic N) is 1. The lowest BCUT2D eigenvalue weighted by molar-refractivity contribution is -0.124. The lowest BCUT2D eigenvalue weighted by atomic mass is 10.0. The molecule has 3 rings (SSSR count). The van der Waals surface area contributed by atoms with Crippen LogP contribution in [0.5, 0.6) is 0 Å². The monoisotopic (exact) mass is 400 g/mol. The van der Waals surface area contributed by atoms with E-state index in [-0.39, 0.29) is 17.7 Å². The summed E-state index contributed by atoms with van der Waals surface area (Å²) in [6.45, 7) is 4.19. The van der Waals surface area contributed by atoms with Gasteiger partial charge >= 0.3 is 0 Å². The van der Waals surface area contributed by atoms with Crippen LogP contribution in [0.4, 0.5) is 0 Å². The summed E-state index contributed by atoms with van der Waals surface area (Å²) in [5, 5.41) is 3.00. The molecule has 1 amide bonds. The van der Waals surface area contributed by atoms with Crippen LogP contribution in [0.1, 0.15) is 44.7 Å². The SMILES string of the molecule is CCCS(=O)(=O)N1CCC[C@H]1C(=O)N[C@@H](C)c1ccc(-c2ccccc2)cc1. The predicted octanol–water partition coefficient (Wildman–Crippen LogP) is 3.74. The van der Waals surface area contributed by atoms with E-state index in [4.69, 9.17) is 0 Å². The van der Waals surface area contributed by atoms with Gasteiger partial charge in [-0.2, -0.15) is 4.31 Å². The number of hydrogen-bond acceptors (Lipinski definition) is 3. The van der Waals surface area contributed by atoms with Gasteiger partial charge in [0.1, 0.15) is 6.04 Å². The van der Waals surface area contributed by atoms with Gasteiger partial charge in [-0.05, 0) is 42.9 Å². The Morgan fingerprint density at radius 3 is 2.39 bits per heavy atom. The molecule has 1 aliphatic heterocycles. The first kappa shape index (κ1) is 20.6. The number of nitrogens with one attached hydrogen (secondary N) is 1. The number of rotatable bonds is 7. The second-order valence-electron chi connectivity index (χ2n) is 7.30. The average Bonchev–Trinajstić information content (AvgIpc) is 3.20. The van der Waals surface area contributed by atoms with Gasteiger partial charge in [-0.25, -0.2) is 8.42 Å². The molecule has 1 heterocycles. The van der Waals surface area contributed by atoms with Crippen LogP contribution in [0, 0.1) is 0 Å². The van der Waals surface area contributed by atoms with Gasteiger partial charge in [-0.3, -0.25) is 4.79 Å². The standard InChI is InChI=1S/C22H28N2O3S/c1-3-16-28(26,27)24-15-7-10-21(24)22(25)23-17(2)18-11-13-20(14-12-18)19-8-5-4-6-9-19/h4-6,8-9,11-14,17,21H,3,7,10,15-16H2,1-2H3,(H,23,25)/t17-,21-/m0/s1. The van der Waals surface area contributed by atoms with Crippen LogP contribution in [0.3, 0.4) is 0 Å². The molecule has 1 N–H and O–H groups in total. The van der Waals surface area contributed by atoms with E-state index in [1.807, 2.05) is 56.3 Å². The van der Waals surface area contributed by atoms with E-state index in [1.54, 1.807) is 0 Å². The van der Waals surface area contributed by atoms with Crippen LogP contribution >= 0.6 is 0 Å². The molecule has 2 atom stereocenters. The smallest absolute Gasteiger partial charge is 0.238 e. The molecule has 0 spiro atoms. The van der Waals surface area contributed by atoms with E-state index in [0.29, 0.717) is 19.4 Å². The zero-order valence-electron chi connectivity index (χ0n) is 16.5. The first-order valence-corrected chi connectivity index (χ1v) is 11.5. The van der Waals surface area contributed by atoms with Crippen molar-refractivity contribution in [3.63, 3.8) is 0 Å². The summed E-state index contributed by atoms with van der Waals surface area (Å²) in [6, 6.07) is 17.4. The van der Waals surface area contributed by atoms with Crippen molar-refractivity contribution in [2.75, 3.05) is 12.3 Å². The topological polar surface area (TPSA) is 66.5 Å². The molecular weight excluding hydrogens is 372 g/mol. The highest BCUT2D eigenvalue weighted by atomic mass is 32.2. The summed E-state index contributed by atoms with van der Waals surface area (Å²) in [4.78, 5) is 12.8. The Kier molecular flexibility index (Phi) is 6.52. The molecule has 0 aromatic heterocycles. The van der Waals surface area contributed by atoms with E-state index >= 15 is 0 Å². The molecule has 2 aromatic rings. The number of hydrogen-bond donors (Lipinski definition) is 1. The fourth-order valence-corrected chi connectivity index (χ4v) is 5.44. The van der Waals surface area contributed by atoms with Gasteiger partial charge in [0.2, 0.25) is 15.9 Å². The molecular formula is C22H28N2O3S. The highest BCUT2D eigenvalue weighted by Crippen LogP contribution is 2.24. The third kappa shape index (κ3) is 4.62. The van der Waals surface area contributed by atoms with Crippen molar-refractivity contribution in [3.8, 4) is 11.1 Å². The molecule has 2 aromatic carbocycles. The predicted molar refractivity (Wildman–Crippen MR) is 112 cm³/mol. The molecule has 1 saturated heterocycles. The third-order valence-corrected chi connectivity index (χ3v) is 7.28. The zero-order valence-corrected chi connectivity index (χ0v) is 17.3. The summed E-state index contributed by atoms with van der Waals surface area (Å²) in [5.41, 5.74) is 3.26. The van der Waals surface area contributed by atoms with Gasteiger partial charge in [0, 0.05) is 6.54 Å². The number of benzene rings is 2. The Bertz CT molecular complexity index is 895. The molecule has 150 valence electrons. The van der Waals surface area contributed by atoms with Crippen molar-refractivity contribution in [2.45, 2.75) is 45.2 Å². The Hall–Kier alpha value is -2.18. The number of sulfonamides is 1. The van der Waals surface area contributed by atoms with Crippen LogP contribution in [0.25, 0.3) is 11.1 Å². The molecule has 0 bridgehead atoms. The maximum absolute atomic E-state index is 12.8. The highest BCUT2D eigenvalue weighted by molar-refractivity contribution is 7.89. The second kappa shape index (κ2) is 8.88. The van der Waals surface area contributed by atoms with Crippen molar-refractivity contribution in [2.24, 2.45) is 0 Å². The molecule has 0 saturated carbocycles. The molecule has 5 nitrogen and oxygen atoms in total. The van der Waals surface area contributed by atoms with Crippen LogP contribution in [-0.4, -0.2) is 37.0 Å². The minimum Gasteiger partial charge on any atom is -0.348 e. The second-order valence-corrected chi connectivity index (χ2v) is 9.34. The number of carbonyl (C=O) groups excluding carboxylic acids is 1. The number of amides is 1. The molecule has 0 radical (unpaired) electrons. The molecule has 0 unspecified atom stereocenters. The zero-order chi connectivity index (χ0) is 20.1. The summed E-state index contributed by atoms with van der Waals surface area (Å²) in [6.07, 6.45) is 1.85. The summed E-state index contributed by atoms with van der Waals surface area (Å²) in [7, 11) is -3.37. The van der Waals surface area contributed by atoms with Gasteiger partial charge in [-0.1, -0.05) is 61.5 Å². The van der Waals surface area contributed by atoms with E-state index in [2.05, 4.69) is 17.4 Å². The Labute approximate surface area is 167 Å². The Balaban J connectivity index is 1.67. The molecule has 1 fully saturated rings. The van der Waals surface area contributed by atoms with Crippen LogP contribution in [0.2, 0.25) is 0 Å². The van der Waals surface area contributed by atoms with Crippen LogP contribution < -0.4 is 5.32 Å². The largest absolute Gasteiger partial charge is 0.348 e. The summed E-state index contributed by atoms with van der Waals surface area (Å²) < 4.78 is 26.2. The van der Waals surface area contributed by atoms with Crippen molar-refractivity contribution in [3.05, 3.63) is 60.2 Å². The van der Waals surface area contributed by atoms with Crippen molar-refractivity contribution >= 4 is 15.9 Å². The van der Waals surface area contributed by atoms with Gasteiger partial charge in [-0.15, -0.1) is 0 Å². The quantitative estimate of drug-likeness (QED) is 0.770.